The fourth-order valence-corrected chi connectivity index (χ4v) is 4.14. The van der Waals surface area contributed by atoms with Gasteiger partial charge in [0.2, 0.25) is 0 Å². The van der Waals surface area contributed by atoms with Gasteiger partial charge in [-0.25, -0.2) is 0 Å². The fraction of sp³-hybridized carbons (Fsp3) is 0.519. The summed E-state index contributed by atoms with van der Waals surface area (Å²) in [5.74, 6) is 2.55. The summed E-state index contributed by atoms with van der Waals surface area (Å²) < 4.78 is 16.4. The summed E-state index contributed by atoms with van der Waals surface area (Å²) in [4.78, 5) is 2.33. The maximum Gasteiger partial charge on any atom is 0.160 e. The average Bonchev–Trinajstić information content (AvgIpc) is 2.80. The van der Waals surface area contributed by atoms with Gasteiger partial charge in [-0.2, -0.15) is 5.26 Å². The van der Waals surface area contributed by atoms with Crippen LogP contribution in [0, 0.1) is 17.2 Å². The SMILES string of the molecule is CCOc1cccc(C(C#N)(CCCN(C)CCc2ccc(OC)c(OC)c2)C(C)C)c1. The topological polar surface area (TPSA) is 54.7 Å². The van der Waals surface area contributed by atoms with Crippen LogP contribution in [0.5, 0.6) is 17.2 Å². The Morgan fingerprint density at radius 1 is 1.03 bits per heavy atom. The molecule has 0 aliphatic carbocycles. The summed E-state index contributed by atoms with van der Waals surface area (Å²) in [6.45, 7) is 8.75. The zero-order chi connectivity index (χ0) is 23.6. The van der Waals surface area contributed by atoms with Gasteiger partial charge < -0.3 is 19.1 Å². The fourth-order valence-electron chi connectivity index (χ4n) is 4.14. The molecule has 2 aromatic carbocycles. The molecular formula is C27H38N2O3. The lowest BCUT2D eigenvalue weighted by Gasteiger charge is -2.32. The minimum Gasteiger partial charge on any atom is -0.494 e. The van der Waals surface area contributed by atoms with Crippen molar-refractivity contribution < 1.29 is 14.2 Å². The minimum atomic E-state index is -0.517. The van der Waals surface area contributed by atoms with Crippen molar-refractivity contribution >= 4 is 0 Å². The molecule has 0 fully saturated rings. The first-order valence-electron chi connectivity index (χ1n) is 11.4. The molecule has 0 aliphatic rings. The average molecular weight is 439 g/mol. The van der Waals surface area contributed by atoms with E-state index >= 15 is 0 Å². The molecule has 1 unspecified atom stereocenters. The molecular weight excluding hydrogens is 400 g/mol. The predicted molar refractivity (Wildman–Crippen MR) is 130 cm³/mol. The molecule has 0 heterocycles. The van der Waals surface area contributed by atoms with Crippen LogP contribution < -0.4 is 14.2 Å². The summed E-state index contributed by atoms with van der Waals surface area (Å²) in [7, 11) is 5.45. The summed E-state index contributed by atoms with van der Waals surface area (Å²) >= 11 is 0. The zero-order valence-corrected chi connectivity index (χ0v) is 20.5. The molecule has 5 nitrogen and oxygen atoms in total. The van der Waals surface area contributed by atoms with E-state index in [9.17, 15) is 5.26 Å². The Balaban J connectivity index is 1.98. The standard InChI is InChI=1S/C27H38N2O3/c1-7-32-24-11-8-10-23(19-24)27(20-28,21(2)3)15-9-16-29(4)17-14-22-12-13-25(30-5)26(18-22)31-6/h8,10-13,18-19,21H,7,9,14-17H2,1-6H3. The molecule has 0 spiro atoms. The normalized spacial score (nSPS) is 13.0. The summed E-state index contributed by atoms with van der Waals surface area (Å²) in [5.41, 5.74) is 1.75. The van der Waals surface area contributed by atoms with Crippen LogP contribution >= 0.6 is 0 Å². The number of likely N-dealkylation sites (N-methyl/N-ethyl adjacent to an activating group) is 1. The van der Waals surface area contributed by atoms with Crippen molar-refractivity contribution in [1.29, 1.82) is 5.26 Å². The van der Waals surface area contributed by atoms with Crippen molar-refractivity contribution in [3.8, 4) is 23.3 Å². The molecule has 0 bridgehead atoms. The van der Waals surface area contributed by atoms with Gasteiger partial charge in [0.25, 0.3) is 0 Å². The molecule has 1 atom stereocenters. The van der Waals surface area contributed by atoms with E-state index in [0.29, 0.717) is 6.61 Å². The second-order valence-electron chi connectivity index (χ2n) is 8.54. The molecule has 0 saturated carbocycles. The first-order chi connectivity index (χ1) is 15.4. The van der Waals surface area contributed by atoms with E-state index in [0.717, 1.165) is 55.2 Å². The van der Waals surface area contributed by atoms with Crippen LogP contribution in [0.4, 0.5) is 0 Å². The van der Waals surface area contributed by atoms with Crippen molar-refractivity contribution in [2.75, 3.05) is 41.0 Å². The summed E-state index contributed by atoms with van der Waals surface area (Å²) in [6, 6.07) is 16.8. The number of rotatable bonds is 13. The Morgan fingerprint density at radius 3 is 2.41 bits per heavy atom. The predicted octanol–water partition coefficient (Wildman–Crippen LogP) is 5.47. The van der Waals surface area contributed by atoms with E-state index in [2.05, 4.69) is 44.0 Å². The zero-order valence-electron chi connectivity index (χ0n) is 20.5. The molecule has 0 radical (unpaired) electrons. The van der Waals surface area contributed by atoms with Crippen LogP contribution in [0.1, 0.15) is 44.7 Å². The van der Waals surface area contributed by atoms with Gasteiger partial charge in [0.1, 0.15) is 5.75 Å². The Morgan fingerprint density at radius 2 is 1.78 bits per heavy atom. The Kier molecular flexibility index (Phi) is 9.87. The lowest BCUT2D eigenvalue weighted by molar-refractivity contribution is 0.292. The van der Waals surface area contributed by atoms with E-state index in [-0.39, 0.29) is 5.92 Å². The number of methoxy groups -OCH3 is 2. The van der Waals surface area contributed by atoms with Crippen LogP contribution in [0.25, 0.3) is 0 Å². The van der Waals surface area contributed by atoms with E-state index in [1.165, 1.54) is 5.56 Å². The first kappa shape index (κ1) is 25.5. The van der Waals surface area contributed by atoms with Crippen LogP contribution in [0.3, 0.4) is 0 Å². The lowest BCUT2D eigenvalue weighted by atomic mass is 9.70. The molecule has 0 amide bonds. The highest BCUT2D eigenvalue weighted by Gasteiger charge is 2.35. The van der Waals surface area contributed by atoms with Gasteiger partial charge in [-0.15, -0.1) is 0 Å². The monoisotopic (exact) mass is 438 g/mol. The highest BCUT2D eigenvalue weighted by Crippen LogP contribution is 2.38. The van der Waals surface area contributed by atoms with Gasteiger partial charge in [0.05, 0.1) is 32.3 Å². The Labute approximate surface area is 193 Å². The summed E-state index contributed by atoms with van der Waals surface area (Å²) in [6.07, 6.45) is 2.70. The van der Waals surface area contributed by atoms with Crippen molar-refractivity contribution in [2.45, 2.75) is 45.4 Å². The van der Waals surface area contributed by atoms with Crippen molar-refractivity contribution in [3.05, 3.63) is 53.6 Å². The van der Waals surface area contributed by atoms with Crippen molar-refractivity contribution in [1.82, 2.24) is 4.90 Å². The van der Waals surface area contributed by atoms with Gasteiger partial charge in [0, 0.05) is 6.54 Å². The number of nitriles is 1. The maximum atomic E-state index is 10.2. The molecule has 0 saturated heterocycles. The quantitative estimate of drug-likeness (QED) is 0.415. The number of hydrogen-bond donors (Lipinski definition) is 0. The van der Waals surface area contributed by atoms with Gasteiger partial charge in [-0.3, -0.25) is 0 Å². The third-order valence-corrected chi connectivity index (χ3v) is 6.19. The molecule has 0 N–H and O–H groups in total. The molecule has 32 heavy (non-hydrogen) atoms. The largest absolute Gasteiger partial charge is 0.494 e. The van der Waals surface area contributed by atoms with Crippen LogP contribution in [0.2, 0.25) is 0 Å². The molecule has 0 aliphatic heterocycles. The molecule has 2 rings (SSSR count). The van der Waals surface area contributed by atoms with E-state index in [1.807, 2.05) is 37.3 Å². The second-order valence-corrected chi connectivity index (χ2v) is 8.54. The highest BCUT2D eigenvalue weighted by molar-refractivity contribution is 5.43. The van der Waals surface area contributed by atoms with Crippen LogP contribution in [-0.4, -0.2) is 45.9 Å². The smallest absolute Gasteiger partial charge is 0.160 e. The number of benzene rings is 2. The molecule has 2 aromatic rings. The van der Waals surface area contributed by atoms with E-state index < -0.39 is 5.41 Å². The van der Waals surface area contributed by atoms with E-state index in [1.54, 1.807) is 14.2 Å². The van der Waals surface area contributed by atoms with Crippen molar-refractivity contribution in [3.63, 3.8) is 0 Å². The molecule has 174 valence electrons. The Bertz CT molecular complexity index is 891. The number of ether oxygens (including phenoxy) is 3. The Hall–Kier alpha value is -2.71. The van der Waals surface area contributed by atoms with Gasteiger partial charge in [0.15, 0.2) is 11.5 Å². The third-order valence-electron chi connectivity index (χ3n) is 6.19. The first-order valence-corrected chi connectivity index (χ1v) is 11.4. The van der Waals surface area contributed by atoms with Gasteiger partial charge in [-0.05, 0) is 81.1 Å². The second kappa shape index (κ2) is 12.4. The van der Waals surface area contributed by atoms with Crippen LogP contribution in [0.15, 0.2) is 42.5 Å². The lowest BCUT2D eigenvalue weighted by Crippen LogP contribution is -2.32. The molecule has 0 aromatic heterocycles. The van der Waals surface area contributed by atoms with Gasteiger partial charge >= 0.3 is 0 Å². The summed E-state index contributed by atoms with van der Waals surface area (Å²) in [5, 5.41) is 10.2. The van der Waals surface area contributed by atoms with Gasteiger partial charge in [-0.1, -0.05) is 32.0 Å². The number of hydrogen-bond acceptors (Lipinski definition) is 5. The minimum absolute atomic E-state index is 0.210. The maximum absolute atomic E-state index is 10.2. The number of nitrogens with zero attached hydrogens (tertiary/aromatic N) is 2. The third kappa shape index (κ3) is 6.40. The van der Waals surface area contributed by atoms with Crippen LogP contribution in [-0.2, 0) is 11.8 Å². The van der Waals surface area contributed by atoms with E-state index in [4.69, 9.17) is 14.2 Å². The molecule has 5 heteroatoms. The highest BCUT2D eigenvalue weighted by atomic mass is 16.5. The van der Waals surface area contributed by atoms with Crippen molar-refractivity contribution in [2.24, 2.45) is 5.92 Å².